The molecule has 0 spiro atoms. The summed E-state index contributed by atoms with van der Waals surface area (Å²) in [5, 5.41) is 2.94. The molecule has 1 aromatic carbocycles. The number of unbranched alkanes of at least 4 members (excludes halogenated alkanes) is 2. The normalized spacial score (nSPS) is 10.1. The van der Waals surface area contributed by atoms with Crippen LogP contribution in [0.25, 0.3) is 0 Å². The fraction of sp³-hybridized carbons (Fsp3) is 0.417. The zero-order valence-corrected chi connectivity index (χ0v) is 13.3. The lowest BCUT2D eigenvalue weighted by molar-refractivity contribution is 0.0953. The number of hydrogen-bond acceptors (Lipinski definition) is 1. The molecule has 1 rings (SSSR count). The van der Waals surface area contributed by atoms with Gasteiger partial charge in [-0.15, -0.1) is 0 Å². The van der Waals surface area contributed by atoms with Crippen molar-refractivity contribution in [3.8, 4) is 0 Å². The maximum atomic E-state index is 11.7. The van der Waals surface area contributed by atoms with Gasteiger partial charge in [0.1, 0.15) is 0 Å². The van der Waals surface area contributed by atoms with Crippen molar-refractivity contribution in [2.75, 3.05) is 11.0 Å². The second-order valence-corrected chi connectivity index (χ2v) is 5.84. The molecule has 0 heterocycles. The molecular formula is C12H15I2NO. The molecule has 1 amide bonds. The van der Waals surface area contributed by atoms with Gasteiger partial charge in [0.2, 0.25) is 0 Å². The topological polar surface area (TPSA) is 29.1 Å². The van der Waals surface area contributed by atoms with Gasteiger partial charge in [0.15, 0.2) is 0 Å². The molecule has 0 fully saturated rings. The van der Waals surface area contributed by atoms with E-state index in [2.05, 4.69) is 50.5 Å². The van der Waals surface area contributed by atoms with Crippen molar-refractivity contribution in [1.29, 1.82) is 0 Å². The molecule has 2 nitrogen and oxygen atoms in total. The summed E-state index contributed by atoms with van der Waals surface area (Å²) >= 11 is 4.59. The number of rotatable bonds is 6. The first-order chi connectivity index (χ1) is 7.74. The van der Waals surface area contributed by atoms with Crippen LogP contribution in [0.15, 0.2) is 24.3 Å². The number of halogens is 2. The van der Waals surface area contributed by atoms with Crippen molar-refractivity contribution >= 4 is 51.1 Å². The second kappa shape index (κ2) is 8.27. The summed E-state index contributed by atoms with van der Waals surface area (Å²) in [5.74, 6) is 0.0352. The van der Waals surface area contributed by atoms with E-state index in [0.717, 1.165) is 22.1 Å². The van der Waals surface area contributed by atoms with Crippen LogP contribution in [0.2, 0.25) is 0 Å². The lowest BCUT2D eigenvalue weighted by Gasteiger charge is -2.05. The van der Waals surface area contributed by atoms with Crippen LogP contribution in [0.5, 0.6) is 0 Å². The second-order valence-electron chi connectivity index (χ2n) is 3.52. The van der Waals surface area contributed by atoms with Crippen LogP contribution >= 0.6 is 45.2 Å². The maximum Gasteiger partial charge on any atom is 0.251 e. The Labute approximate surface area is 124 Å². The number of hydrogen-bond donors (Lipinski definition) is 1. The van der Waals surface area contributed by atoms with Gasteiger partial charge in [-0.3, -0.25) is 4.79 Å². The molecule has 1 aromatic rings. The maximum absolute atomic E-state index is 11.7. The highest BCUT2D eigenvalue weighted by atomic mass is 127. The molecule has 0 aliphatic carbocycles. The molecule has 0 aliphatic rings. The fourth-order valence-corrected chi connectivity index (χ4v) is 2.41. The van der Waals surface area contributed by atoms with Crippen LogP contribution in [0.1, 0.15) is 29.6 Å². The largest absolute Gasteiger partial charge is 0.352 e. The summed E-state index contributed by atoms with van der Waals surface area (Å²) in [7, 11) is 0. The van der Waals surface area contributed by atoms with Crippen molar-refractivity contribution < 1.29 is 4.79 Å². The van der Waals surface area contributed by atoms with Gasteiger partial charge in [0.05, 0.1) is 0 Å². The Morgan fingerprint density at radius 3 is 2.75 bits per heavy atom. The Morgan fingerprint density at radius 1 is 1.25 bits per heavy atom. The third-order valence-electron chi connectivity index (χ3n) is 2.18. The van der Waals surface area contributed by atoms with Crippen molar-refractivity contribution in [2.45, 2.75) is 19.3 Å². The van der Waals surface area contributed by atoms with Gasteiger partial charge in [0, 0.05) is 15.7 Å². The van der Waals surface area contributed by atoms with Crippen LogP contribution in [-0.2, 0) is 0 Å². The molecule has 16 heavy (non-hydrogen) atoms. The summed E-state index contributed by atoms with van der Waals surface area (Å²) in [6, 6.07) is 7.65. The fourth-order valence-electron chi connectivity index (χ4n) is 1.33. The van der Waals surface area contributed by atoms with Gasteiger partial charge < -0.3 is 5.32 Å². The number of carbonyl (C=O) groups is 1. The van der Waals surface area contributed by atoms with E-state index in [-0.39, 0.29) is 5.91 Å². The van der Waals surface area contributed by atoms with Crippen LogP contribution in [0.3, 0.4) is 0 Å². The standard InChI is InChI=1S/C12H15I2NO/c13-7-2-1-3-8-15-12(16)10-5-4-6-11(14)9-10/h4-6,9H,1-3,7-8H2,(H,15,16). The van der Waals surface area contributed by atoms with Crippen molar-refractivity contribution in [1.82, 2.24) is 5.32 Å². The molecule has 0 bridgehead atoms. The van der Waals surface area contributed by atoms with Crippen LogP contribution in [0.4, 0.5) is 0 Å². The number of benzene rings is 1. The Morgan fingerprint density at radius 2 is 2.06 bits per heavy atom. The molecular weight excluding hydrogens is 428 g/mol. The minimum absolute atomic E-state index is 0.0352. The average molecular weight is 443 g/mol. The zero-order chi connectivity index (χ0) is 11.8. The lowest BCUT2D eigenvalue weighted by atomic mass is 10.2. The quantitative estimate of drug-likeness (QED) is 0.407. The van der Waals surface area contributed by atoms with Gasteiger partial charge in [0.25, 0.3) is 5.91 Å². The number of alkyl halides is 1. The molecule has 4 heteroatoms. The smallest absolute Gasteiger partial charge is 0.251 e. The monoisotopic (exact) mass is 443 g/mol. The summed E-state index contributed by atoms with van der Waals surface area (Å²) in [6.45, 7) is 0.779. The van der Waals surface area contributed by atoms with Gasteiger partial charge >= 0.3 is 0 Å². The van der Waals surface area contributed by atoms with E-state index >= 15 is 0 Å². The van der Waals surface area contributed by atoms with Gasteiger partial charge in [-0.25, -0.2) is 0 Å². The summed E-state index contributed by atoms with van der Waals surface area (Å²) < 4.78 is 2.29. The van der Waals surface area contributed by atoms with Gasteiger partial charge in [-0.05, 0) is 58.1 Å². The van der Waals surface area contributed by atoms with E-state index < -0.39 is 0 Å². The van der Waals surface area contributed by atoms with E-state index in [1.54, 1.807) is 0 Å². The highest BCUT2D eigenvalue weighted by Crippen LogP contribution is 2.07. The first kappa shape index (κ1) is 14.2. The van der Waals surface area contributed by atoms with Crippen molar-refractivity contribution in [3.05, 3.63) is 33.4 Å². The molecule has 0 radical (unpaired) electrons. The number of carbonyl (C=O) groups excluding carboxylic acids is 1. The Kier molecular flexibility index (Phi) is 7.35. The third kappa shape index (κ3) is 5.47. The Bertz CT molecular complexity index is 342. The molecule has 0 saturated carbocycles. The molecule has 0 unspecified atom stereocenters. The lowest BCUT2D eigenvalue weighted by Crippen LogP contribution is -2.24. The third-order valence-corrected chi connectivity index (χ3v) is 3.62. The first-order valence-electron chi connectivity index (χ1n) is 5.34. The highest BCUT2D eigenvalue weighted by molar-refractivity contribution is 14.1. The van der Waals surface area contributed by atoms with E-state index in [9.17, 15) is 4.79 Å². The predicted molar refractivity (Wildman–Crippen MR) is 84.2 cm³/mol. The predicted octanol–water partition coefficient (Wildman–Crippen LogP) is 3.63. The molecule has 0 saturated heterocycles. The Balaban J connectivity index is 2.30. The van der Waals surface area contributed by atoms with E-state index in [1.807, 2.05) is 24.3 Å². The highest BCUT2D eigenvalue weighted by Gasteiger charge is 2.03. The molecule has 0 aliphatic heterocycles. The van der Waals surface area contributed by atoms with Gasteiger partial charge in [-0.2, -0.15) is 0 Å². The Hall–Kier alpha value is 0.150. The minimum atomic E-state index is 0.0352. The summed E-state index contributed by atoms with van der Waals surface area (Å²) in [4.78, 5) is 11.7. The molecule has 0 aromatic heterocycles. The number of amides is 1. The molecule has 1 N–H and O–H groups in total. The zero-order valence-electron chi connectivity index (χ0n) is 9.01. The summed E-state index contributed by atoms with van der Waals surface area (Å²) in [5.41, 5.74) is 0.751. The summed E-state index contributed by atoms with van der Waals surface area (Å²) in [6.07, 6.45) is 3.49. The first-order valence-corrected chi connectivity index (χ1v) is 7.94. The minimum Gasteiger partial charge on any atom is -0.352 e. The van der Waals surface area contributed by atoms with Gasteiger partial charge in [-0.1, -0.05) is 35.1 Å². The SMILES string of the molecule is O=C(NCCCCCI)c1cccc(I)c1. The van der Waals surface area contributed by atoms with E-state index in [0.29, 0.717) is 0 Å². The van der Waals surface area contributed by atoms with E-state index in [4.69, 9.17) is 0 Å². The van der Waals surface area contributed by atoms with E-state index in [1.165, 1.54) is 17.3 Å². The van der Waals surface area contributed by atoms with Crippen LogP contribution < -0.4 is 5.32 Å². The van der Waals surface area contributed by atoms with Crippen molar-refractivity contribution in [2.24, 2.45) is 0 Å². The molecule has 88 valence electrons. The number of nitrogens with one attached hydrogen (secondary N) is 1. The van der Waals surface area contributed by atoms with Crippen molar-refractivity contribution in [3.63, 3.8) is 0 Å². The van der Waals surface area contributed by atoms with Crippen LogP contribution in [-0.4, -0.2) is 16.9 Å². The molecule has 0 atom stereocenters. The van der Waals surface area contributed by atoms with Crippen LogP contribution in [0, 0.1) is 3.57 Å². The average Bonchev–Trinajstić information content (AvgIpc) is 2.28.